The normalized spacial score (nSPS) is 26.8. The zero-order valence-electron chi connectivity index (χ0n) is 14.8. The zero-order valence-corrected chi connectivity index (χ0v) is 14.8. The van der Waals surface area contributed by atoms with Crippen molar-refractivity contribution in [2.75, 3.05) is 38.5 Å². The Kier molecular flexibility index (Phi) is 4.41. The van der Waals surface area contributed by atoms with E-state index in [9.17, 15) is 0 Å². The summed E-state index contributed by atoms with van der Waals surface area (Å²) in [4.78, 5) is 9.63. The number of hydrogen-bond acceptors (Lipinski definition) is 5. The van der Waals surface area contributed by atoms with Gasteiger partial charge in [0.15, 0.2) is 5.82 Å². The molecular formula is C18H28N6. The molecule has 0 radical (unpaired) electrons. The topological polar surface area (TPSA) is 48.7 Å². The predicted octanol–water partition coefficient (Wildman–Crippen LogP) is 2.01. The Bertz CT molecular complexity index is 680. The first kappa shape index (κ1) is 15.8. The molecule has 2 fully saturated rings. The molecule has 3 heterocycles. The number of anilines is 1. The Morgan fingerprint density at radius 1 is 1.08 bits per heavy atom. The van der Waals surface area contributed by atoms with Gasteiger partial charge in [0.25, 0.3) is 0 Å². The second-order valence-electron chi connectivity index (χ2n) is 7.39. The fourth-order valence-corrected chi connectivity index (χ4v) is 4.18. The quantitative estimate of drug-likeness (QED) is 0.934. The van der Waals surface area contributed by atoms with Crippen LogP contribution in [0.15, 0.2) is 18.6 Å². The van der Waals surface area contributed by atoms with Crippen LogP contribution >= 0.6 is 0 Å². The van der Waals surface area contributed by atoms with Gasteiger partial charge in [-0.25, -0.2) is 9.50 Å². The Hall–Kier alpha value is -1.66. The molecule has 0 spiro atoms. The summed E-state index contributed by atoms with van der Waals surface area (Å²) < 4.78 is 1.92. The van der Waals surface area contributed by atoms with Crippen molar-refractivity contribution in [1.82, 2.24) is 24.4 Å². The maximum absolute atomic E-state index is 4.49. The van der Waals surface area contributed by atoms with Gasteiger partial charge in [-0.15, -0.1) is 0 Å². The monoisotopic (exact) mass is 328 g/mol. The Balaban J connectivity index is 1.37. The molecule has 2 aromatic heterocycles. The van der Waals surface area contributed by atoms with Crippen LogP contribution in [0.1, 0.15) is 31.2 Å². The number of likely N-dealkylation sites (N-methyl/N-ethyl adjacent to an activating group) is 1. The molecule has 2 aromatic rings. The summed E-state index contributed by atoms with van der Waals surface area (Å²) in [6, 6.07) is 3.40. The van der Waals surface area contributed by atoms with E-state index in [0.717, 1.165) is 17.4 Å². The second-order valence-corrected chi connectivity index (χ2v) is 7.39. The smallest absolute Gasteiger partial charge is 0.154 e. The molecule has 1 saturated carbocycles. The van der Waals surface area contributed by atoms with E-state index in [0.29, 0.717) is 6.04 Å². The number of piperazine rings is 1. The molecule has 0 bridgehead atoms. The van der Waals surface area contributed by atoms with E-state index in [1.165, 1.54) is 57.4 Å². The average Bonchev–Trinajstić information content (AvgIpc) is 2.99. The number of aromatic nitrogens is 3. The molecule has 0 aromatic carbocycles. The summed E-state index contributed by atoms with van der Waals surface area (Å²) in [5.41, 5.74) is 2.34. The zero-order chi connectivity index (χ0) is 16.5. The molecular weight excluding hydrogens is 300 g/mol. The fourth-order valence-electron chi connectivity index (χ4n) is 4.18. The molecule has 24 heavy (non-hydrogen) atoms. The minimum absolute atomic E-state index is 0.529. The van der Waals surface area contributed by atoms with Gasteiger partial charge in [0.05, 0.1) is 0 Å². The highest BCUT2D eigenvalue weighted by Gasteiger charge is 2.28. The van der Waals surface area contributed by atoms with Crippen LogP contribution in [-0.4, -0.2) is 69.7 Å². The SMILES string of the molecule is Cc1ccn2ncnc(N[C@H]3CC[C@@H](N4CCN(C)CC4)CC3)c12. The first-order valence-corrected chi connectivity index (χ1v) is 9.19. The van der Waals surface area contributed by atoms with Crippen LogP contribution in [0.2, 0.25) is 0 Å². The van der Waals surface area contributed by atoms with Gasteiger partial charge in [0.1, 0.15) is 11.8 Å². The second kappa shape index (κ2) is 6.69. The van der Waals surface area contributed by atoms with E-state index in [4.69, 9.17) is 0 Å². The van der Waals surface area contributed by atoms with Crippen LogP contribution in [-0.2, 0) is 0 Å². The third kappa shape index (κ3) is 3.13. The van der Waals surface area contributed by atoms with Crippen molar-refractivity contribution in [3.05, 3.63) is 24.2 Å². The van der Waals surface area contributed by atoms with E-state index in [-0.39, 0.29) is 0 Å². The highest BCUT2D eigenvalue weighted by atomic mass is 15.3. The predicted molar refractivity (Wildman–Crippen MR) is 96.5 cm³/mol. The molecule has 6 heteroatoms. The Morgan fingerprint density at radius 2 is 1.83 bits per heavy atom. The van der Waals surface area contributed by atoms with E-state index in [1.807, 2.05) is 10.7 Å². The van der Waals surface area contributed by atoms with Crippen LogP contribution in [0.25, 0.3) is 5.52 Å². The van der Waals surface area contributed by atoms with Gasteiger partial charge in [-0.3, -0.25) is 4.90 Å². The molecule has 0 amide bonds. The Labute approximate surface area is 143 Å². The highest BCUT2D eigenvalue weighted by Crippen LogP contribution is 2.27. The number of aryl methyl sites for hydroxylation is 1. The Morgan fingerprint density at radius 3 is 2.58 bits per heavy atom. The van der Waals surface area contributed by atoms with Crippen LogP contribution in [0.5, 0.6) is 0 Å². The number of rotatable bonds is 3. The maximum Gasteiger partial charge on any atom is 0.154 e. The summed E-state index contributed by atoms with van der Waals surface area (Å²) in [6.45, 7) is 7.01. The van der Waals surface area contributed by atoms with E-state index >= 15 is 0 Å². The molecule has 1 N–H and O–H groups in total. The van der Waals surface area contributed by atoms with Crippen LogP contribution in [0, 0.1) is 6.92 Å². The summed E-state index contributed by atoms with van der Waals surface area (Å²) in [6.07, 6.45) is 8.69. The van der Waals surface area contributed by atoms with Crippen LogP contribution in [0.4, 0.5) is 5.82 Å². The van der Waals surface area contributed by atoms with Crippen molar-refractivity contribution < 1.29 is 0 Å². The van der Waals surface area contributed by atoms with Crippen molar-refractivity contribution in [3.63, 3.8) is 0 Å². The van der Waals surface area contributed by atoms with Crippen molar-refractivity contribution >= 4 is 11.3 Å². The van der Waals surface area contributed by atoms with Gasteiger partial charge in [-0.1, -0.05) is 0 Å². The maximum atomic E-state index is 4.49. The minimum Gasteiger partial charge on any atom is -0.365 e. The van der Waals surface area contributed by atoms with Gasteiger partial charge >= 0.3 is 0 Å². The van der Waals surface area contributed by atoms with Gasteiger partial charge in [-0.05, 0) is 51.3 Å². The summed E-state index contributed by atoms with van der Waals surface area (Å²) >= 11 is 0. The molecule has 6 nitrogen and oxygen atoms in total. The standard InChI is InChI=1S/C18H28N6/c1-14-7-8-24-17(14)18(19-13-20-24)21-15-3-5-16(6-4-15)23-11-9-22(2)10-12-23/h7-8,13,15-16H,3-6,9-12H2,1-2H3,(H,19,20,21)/t15-,16+. The number of hydrogen-bond donors (Lipinski definition) is 1. The third-order valence-corrected chi connectivity index (χ3v) is 5.75. The van der Waals surface area contributed by atoms with Gasteiger partial charge in [0, 0.05) is 44.5 Å². The van der Waals surface area contributed by atoms with E-state index < -0.39 is 0 Å². The highest BCUT2D eigenvalue weighted by molar-refractivity contribution is 5.71. The van der Waals surface area contributed by atoms with Gasteiger partial charge in [-0.2, -0.15) is 5.10 Å². The van der Waals surface area contributed by atoms with Crippen LogP contribution in [0.3, 0.4) is 0 Å². The third-order valence-electron chi connectivity index (χ3n) is 5.75. The summed E-state index contributed by atoms with van der Waals surface area (Å²) in [7, 11) is 2.23. The molecule has 2 aliphatic rings. The first-order valence-electron chi connectivity index (χ1n) is 9.19. The number of nitrogens with zero attached hydrogens (tertiary/aromatic N) is 5. The largest absolute Gasteiger partial charge is 0.365 e. The fraction of sp³-hybridized carbons (Fsp3) is 0.667. The molecule has 0 unspecified atom stereocenters. The molecule has 4 rings (SSSR count). The number of nitrogens with one attached hydrogen (secondary N) is 1. The summed E-state index contributed by atoms with van der Waals surface area (Å²) in [5, 5.41) is 7.97. The minimum atomic E-state index is 0.529. The molecule has 130 valence electrons. The average molecular weight is 328 g/mol. The van der Waals surface area contributed by atoms with E-state index in [1.54, 1.807) is 6.33 Å². The molecule has 0 atom stereocenters. The lowest BCUT2D eigenvalue weighted by Gasteiger charge is -2.41. The molecule has 1 aliphatic carbocycles. The van der Waals surface area contributed by atoms with Crippen molar-refractivity contribution in [2.24, 2.45) is 0 Å². The van der Waals surface area contributed by atoms with Crippen molar-refractivity contribution in [2.45, 2.75) is 44.7 Å². The summed E-state index contributed by atoms with van der Waals surface area (Å²) in [5.74, 6) is 0.982. The van der Waals surface area contributed by atoms with Gasteiger partial charge < -0.3 is 10.2 Å². The molecule has 1 saturated heterocycles. The lowest BCUT2D eigenvalue weighted by atomic mass is 9.89. The number of fused-ring (bicyclic) bond motifs is 1. The van der Waals surface area contributed by atoms with Gasteiger partial charge in [0.2, 0.25) is 0 Å². The van der Waals surface area contributed by atoms with Crippen molar-refractivity contribution in [1.29, 1.82) is 0 Å². The lowest BCUT2D eigenvalue weighted by Crippen LogP contribution is -2.50. The first-order chi connectivity index (χ1) is 11.7. The van der Waals surface area contributed by atoms with E-state index in [2.05, 4.69) is 45.2 Å². The lowest BCUT2D eigenvalue weighted by molar-refractivity contribution is 0.0894. The van der Waals surface area contributed by atoms with Crippen molar-refractivity contribution in [3.8, 4) is 0 Å². The molecule has 1 aliphatic heterocycles. The van der Waals surface area contributed by atoms with Crippen LogP contribution < -0.4 is 5.32 Å².